The highest BCUT2D eigenvalue weighted by Gasteiger charge is 2.00. The first-order valence-electron chi connectivity index (χ1n) is 5.09. The number of anilines is 1. The van der Waals surface area contributed by atoms with Crippen LogP contribution in [0.15, 0.2) is 18.2 Å². The van der Waals surface area contributed by atoms with Crippen molar-refractivity contribution in [1.29, 1.82) is 0 Å². The molecule has 0 aromatic heterocycles. The molecule has 15 heavy (non-hydrogen) atoms. The van der Waals surface area contributed by atoms with Gasteiger partial charge in [-0.25, -0.2) is 0 Å². The van der Waals surface area contributed by atoms with Crippen LogP contribution in [0.1, 0.15) is 25.3 Å². The van der Waals surface area contributed by atoms with Gasteiger partial charge >= 0.3 is 0 Å². The summed E-state index contributed by atoms with van der Waals surface area (Å²) in [4.78, 5) is 10.7. The number of nitrogens with one attached hydrogen (secondary N) is 1. The predicted octanol–water partition coefficient (Wildman–Crippen LogP) is 3.43. The fourth-order valence-electron chi connectivity index (χ4n) is 1.36. The van der Waals surface area contributed by atoms with Crippen LogP contribution < -0.4 is 5.32 Å². The van der Waals surface area contributed by atoms with Crippen molar-refractivity contribution in [2.24, 2.45) is 0 Å². The van der Waals surface area contributed by atoms with Crippen molar-refractivity contribution < 1.29 is 4.79 Å². The van der Waals surface area contributed by atoms with Gasteiger partial charge in [-0.15, -0.1) is 0 Å². The van der Waals surface area contributed by atoms with Crippen LogP contribution in [0.2, 0.25) is 5.02 Å². The van der Waals surface area contributed by atoms with E-state index in [-0.39, 0.29) is 5.78 Å². The van der Waals surface area contributed by atoms with E-state index in [9.17, 15) is 4.79 Å². The molecule has 0 amide bonds. The molecule has 0 saturated heterocycles. The van der Waals surface area contributed by atoms with Gasteiger partial charge < -0.3 is 10.1 Å². The van der Waals surface area contributed by atoms with Gasteiger partial charge in [-0.05, 0) is 38.0 Å². The Labute approximate surface area is 95.6 Å². The quantitative estimate of drug-likeness (QED) is 0.778. The molecule has 0 bridgehead atoms. The lowest BCUT2D eigenvalue weighted by atomic mass is 10.2. The summed E-state index contributed by atoms with van der Waals surface area (Å²) in [6.07, 6.45) is 1.49. The maximum Gasteiger partial charge on any atom is 0.129 e. The van der Waals surface area contributed by atoms with Gasteiger partial charge in [-0.3, -0.25) is 0 Å². The number of halogens is 1. The minimum Gasteiger partial charge on any atom is -0.385 e. The third kappa shape index (κ3) is 3.92. The Morgan fingerprint density at radius 1 is 1.47 bits per heavy atom. The lowest BCUT2D eigenvalue weighted by molar-refractivity contribution is -0.117. The maximum atomic E-state index is 10.7. The van der Waals surface area contributed by atoms with E-state index >= 15 is 0 Å². The first-order valence-corrected chi connectivity index (χ1v) is 5.47. The summed E-state index contributed by atoms with van der Waals surface area (Å²) in [5.41, 5.74) is 2.10. The molecule has 0 aliphatic carbocycles. The first-order chi connectivity index (χ1) is 7.11. The molecule has 3 heteroatoms. The molecule has 0 fully saturated rings. The van der Waals surface area contributed by atoms with E-state index in [0.717, 1.165) is 29.2 Å². The molecule has 0 aliphatic rings. The standard InChI is InChI=1S/C12H16ClNO/c1-9(15)5-4-8-14-12-7-3-6-11(13)10(12)2/h3,6-7,14H,4-5,8H2,1-2H3. The third-order valence-corrected chi connectivity index (χ3v) is 2.70. The Balaban J connectivity index is 2.44. The normalized spacial score (nSPS) is 10.1. The van der Waals surface area contributed by atoms with Crippen molar-refractivity contribution in [3.63, 3.8) is 0 Å². The van der Waals surface area contributed by atoms with Gasteiger partial charge in [0.1, 0.15) is 5.78 Å². The molecule has 1 rings (SSSR count). The van der Waals surface area contributed by atoms with Crippen molar-refractivity contribution in [2.75, 3.05) is 11.9 Å². The summed E-state index contributed by atoms with van der Waals surface area (Å²) in [5, 5.41) is 4.04. The van der Waals surface area contributed by atoms with Gasteiger partial charge in [-0.1, -0.05) is 17.7 Å². The average molecular weight is 226 g/mol. The smallest absolute Gasteiger partial charge is 0.129 e. The van der Waals surface area contributed by atoms with Crippen LogP contribution in [-0.4, -0.2) is 12.3 Å². The van der Waals surface area contributed by atoms with E-state index in [1.54, 1.807) is 6.92 Å². The molecule has 1 aromatic carbocycles. The molecule has 0 saturated carbocycles. The minimum atomic E-state index is 0.236. The van der Waals surface area contributed by atoms with Gasteiger partial charge in [0.25, 0.3) is 0 Å². The summed E-state index contributed by atoms with van der Waals surface area (Å²) in [6.45, 7) is 4.40. The fourth-order valence-corrected chi connectivity index (χ4v) is 1.53. The monoisotopic (exact) mass is 225 g/mol. The van der Waals surface area contributed by atoms with E-state index in [2.05, 4.69) is 5.32 Å². The maximum absolute atomic E-state index is 10.7. The zero-order valence-corrected chi connectivity index (χ0v) is 9.90. The number of hydrogen-bond acceptors (Lipinski definition) is 2. The lowest BCUT2D eigenvalue weighted by Gasteiger charge is -2.09. The number of ketones is 1. The molecule has 0 unspecified atom stereocenters. The van der Waals surface area contributed by atoms with Crippen molar-refractivity contribution in [3.05, 3.63) is 28.8 Å². The SMILES string of the molecule is CC(=O)CCCNc1cccc(Cl)c1C. The molecule has 0 aliphatic heterocycles. The highest BCUT2D eigenvalue weighted by molar-refractivity contribution is 6.31. The molecule has 0 heterocycles. The Kier molecular flexibility index (Phi) is 4.63. The van der Waals surface area contributed by atoms with Gasteiger partial charge in [0.05, 0.1) is 0 Å². The lowest BCUT2D eigenvalue weighted by Crippen LogP contribution is -2.04. The second-order valence-electron chi connectivity index (χ2n) is 3.64. The number of Topliss-reactive ketones (excluding diaryl/α,β-unsaturated/α-hetero) is 1. The second kappa shape index (κ2) is 5.76. The van der Waals surface area contributed by atoms with Crippen LogP contribution in [0.25, 0.3) is 0 Å². The largest absolute Gasteiger partial charge is 0.385 e. The van der Waals surface area contributed by atoms with Gasteiger partial charge in [0.15, 0.2) is 0 Å². The van der Waals surface area contributed by atoms with Crippen molar-refractivity contribution in [2.45, 2.75) is 26.7 Å². The summed E-state index contributed by atoms with van der Waals surface area (Å²) < 4.78 is 0. The summed E-state index contributed by atoms with van der Waals surface area (Å²) in [7, 11) is 0. The molecular weight excluding hydrogens is 210 g/mol. The number of hydrogen-bond donors (Lipinski definition) is 1. The third-order valence-electron chi connectivity index (χ3n) is 2.29. The Bertz CT molecular complexity index is 349. The summed E-state index contributed by atoms with van der Waals surface area (Å²) in [6, 6.07) is 5.79. The van der Waals surface area contributed by atoms with Crippen LogP contribution in [0.4, 0.5) is 5.69 Å². The van der Waals surface area contributed by atoms with Gasteiger partial charge in [-0.2, -0.15) is 0 Å². The van der Waals surface area contributed by atoms with E-state index in [1.165, 1.54) is 0 Å². The van der Waals surface area contributed by atoms with Crippen LogP contribution in [0.5, 0.6) is 0 Å². The molecule has 82 valence electrons. The summed E-state index contributed by atoms with van der Waals surface area (Å²) in [5.74, 6) is 0.236. The van der Waals surface area contributed by atoms with E-state index < -0.39 is 0 Å². The molecular formula is C12H16ClNO. The number of benzene rings is 1. The predicted molar refractivity (Wildman–Crippen MR) is 64.6 cm³/mol. The van der Waals surface area contributed by atoms with Gasteiger partial charge in [0.2, 0.25) is 0 Å². The highest BCUT2D eigenvalue weighted by atomic mass is 35.5. The molecule has 1 aromatic rings. The first kappa shape index (κ1) is 12.1. The number of rotatable bonds is 5. The van der Waals surface area contributed by atoms with Crippen LogP contribution >= 0.6 is 11.6 Å². The van der Waals surface area contributed by atoms with Crippen LogP contribution in [0.3, 0.4) is 0 Å². The van der Waals surface area contributed by atoms with Crippen LogP contribution in [0, 0.1) is 6.92 Å². The van der Waals surface area contributed by atoms with Crippen molar-refractivity contribution in [1.82, 2.24) is 0 Å². The molecule has 1 N–H and O–H groups in total. The van der Waals surface area contributed by atoms with Gasteiger partial charge in [0, 0.05) is 23.7 Å². The molecule has 0 radical (unpaired) electrons. The summed E-state index contributed by atoms with van der Waals surface area (Å²) >= 11 is 5.98. The highest BCUT2D eigenvalue weighted by Crippen LogP contribution is 2.22. The molecule has 2 nitrogen and oxygen atoms in total. The molecule has 0 spiro atoms. The Hall–Kier alpha value is -1.02. The van der Waals surface area contributed by atoms with E-state index in [4.69, 9.17) is 11.6 Å². The van der Waals surface area contributed by atoms with Crippen molar-refractivity contribution in [3.8, 4) is 0 Å². The molecule has 0 atom stereocenters. The zero-order valence-electron chi connectivity index (χ0n) is 9.14. The number of carbonyl (C=O) groups is 1. The fraction of sp³-hybridized carbons (Fsp3) is 0.417. The average Bonchev–Trinajstić information content (AvgIpc) is 2.18. The van der Waals surface area contributed by atoms with Crippen LogP contribution in [-0.2, 0) is 4.79 Å². The van der Waals surface area contributed by atoms with Crippen molar-refractivity contribution >= 4 is 23.1 Å². The Morgan fingerprint density at radius 2 is 2.20 bits per heavy atom. The Morgan fingerprint density at radius 3 is 2.87 bits per heavy atom. The van der Waals surface area contributed by atoms with E-state index in [0.29, 0.717) is 6.42 Å². The zero-order chi connectivity index (χ0) is 11.3. The minimum absolute atomic E-state index is 0.236. The number of carbonyl (C=O) groups excluding carboxylic acids is 1. The van der Waals surface area contributed by atoms with E-state index in [1.807, 2.05) is 25.1 Å². The topological polar surface area (TPSA) is 29.1 Å². The second-order valence-corrected chi connectivity index (χ2v) is 4.05.